The summed E-state index contributed by atoms with van der Waals surface area (Å²) in [6.07, 6.45) is 3.26. The molecule has 2 N–H and O–H groups in total. The summed E-state index contributed by atoms with van der Waals surface area (Å²) < 4.78 is 16.0. The predicted octanol–water partition coefficient (Wildman–Crippen LogP) is 3.63. The molecule has 6 rings (SSSR count). The average molecular weight is 523 g/mol. The molecular formula is C28H23FN8O2. The Morgan fingerprint density at radius 2 is 1.82 bits per heavy atom. The summed E-state index contributed by atoms with van der Waals surface area (Å²) in [5, 5.41) is 10.9. The number of rotatable bonds is 6. The van der Waals surface area contributed by atoms with E-state index in [2.05, 4.69) is 35.7 Å². The number of fused-ring (bicyclic) bond motifs is 2. The largest absolute Gasteiger partial charge is 0.345 e. The van der Waals surface area contributed by atoms with Crippen LogP contribution in [0.2, 0.25) is 0 Å². The monoisotopic (exact) mass is 522 g/mol. The molecule has 1 aliphatic rings. The van der Waals surface area contributed by atoms with E-state index < -0.39 is 11.3 Å². The summed E-state index contributed by atoms with van der Waals surface area (Å²) in [5.41, 5.74) is 1.42. The highest BCUT2D eigenvalue weighted by Crippen LogP contribution is 2.39. The lowest BCUT2D eigenvalue weighted by molar-refractivity contribution is -0.119. The number of hydrogen-bond acceptors (Lipinski definition) is 7. The van der Waals surface area contributed by atoms with Crippen LogP contribution in [-0.2, 0) is 23.3 Å². The Labute approximate surface area is 222 Å². The van der Waals surface area contributed by atoms with Crippen LogP contribution in [-0.4, -0.2) is 41.5 Å². The van der Waals surface area contributed by atoms with Crippen LogP contribution in [0.25, 0.3) is 22.6 Å². The van der Waals surface area contributed by atoms with Crippen molar-refractivity contribution in [1.29, 1.82) is 0 Å². The molecule has 0 bridgehead atoms. The minimum absolute atomic E-state index is 0.0648. The standard InChI is InChI=1S/C28H23FN8O2/c1-28(2)20-22(26(38)32-14-17-9-5-6-12-30-17)33-24(34-23(20)35-27(28)39)21-18-10-7-13-31-25(18)37(36-21)15-16-8-3-4-11-19(16)29/h3-13H,14-15H2,1-2H3,(H,32,38)(H,33,34,35,39). The fraction of sp³-hybridized carbons (Fsp3) is 0.179. The summed E-state index contributed by atoms with van der Waals surface area (Å²) in [5.74, 6) is -0.736. The molecule has 194 valence electrons. The molecule has 39 heavy (non-hydrogen) atoms. The highest BCUT2D eigenvalue weighted by Gasteiger charge is 2.44. The number of carbonyl (C=O) groups is 2. The Balaban J connectivity index is 1.46. The van der Waals surface area contributed by atoms with Crippen molar-refractivity contribution in [2.75, 3.05) is 5.32 Å². The van der Waals surface area contributed by atoms with Crippen molar-refractivity contribution in [2.24, 2.45) is 0 Å². The van der Waals surface area contributed by atoms with Crippen molar-refractivity contribution in [3.05, 3.63) is 95.3 Å². The third kappa shape index (κ3) is 4.27. The molecule has 0 aliphatic carbocycles. The zero-order valence-electron chi connectivity index (χ0n) is 21.1. The van der Waals surface area contributed by atoms with Crippen LogP contribution in [0.1, 0.15) is 41.2 Å². The van der Waals surface area contributed by atoms with Crippen LogP contribution in [0, 0.1) is 5.82 Å². The average Bonchev–Trinajstić information content (AvgIpc) is 3.42. The van der Waals surface area contributed by atoms with Gasteiger partial charge in [0.05, 0.1) is 29.6 Å². The van der Waals surface area contributed by atoms with E-state index in [1.165, 1.54) is 6.07 Å². The first kappa shape index (κ1) is 24.3. The number of amides is 2. The van der Waals surface area contributed by atoms with Crippen molar-refractivity contribution in [3.63, 3.8) is 0 Å². The van der Waals surface area contributed by atoms with Gasteiger partial charge < -0.3 is 10.6 Å². The van der Waals surface area contributed by atoms with Gasteiger partial charge in [-0.05, 0) is 44.2 Å². The molecule has 0 saturated carbocycles. The maximum absolute atomic E-state index is 14.4. The maximum atomic E-state index is 14.4. The van der Waals surface area contributed by atoms with Gasteiger partial charge in [0.25, 0.3) is 5.91 Å². The molecule has 0 fully saturated rings. The van der Waals surface area contributed by atoms with Crippen LogP contribution in [0.5, 0.6) is 0 Å². The third-order valence-corrected chi connectivity index (χ3v) is 6.70. The van der Waals surface area contributed by atoms with Crippen molar-refractivity contribution in [1.82, 2.24) is 35.0 Å². The SMILES string of the molecule is CC1(C)C(=O)Nc2nc(-c3nn(Cc4ccccc4F)c4ncccc34)nc(C(=O)NCc3ccccn3)c21. The van der Waals surface area contributed by atoms with Crippen molar-refractivity contribution in [3.8, 4) is 11.5 Å². The molecule has 5 aromatic rings. The molecule has 1 aliphatic heterocycles. The summed E-state index contributed by atoms with van der Waals surface area (Å²) >= 11 is 0. The minimum atomic E-state index is -1.03. The number of aromatic nitrogens is 6. The second-order valence-corrected chi connectivity index (χ2v) is 9.67. The normalized spacial score (nSPS) is 13.8. The van der Waals surface area contributed by atoms with Gasteiger partial charge in [0, 0.05) is 23.5 Å². The first-order chi connectivity index (χ1) is 18.8. The van der Waals surface area contributed by atoms with Crippen molar-refractivity contribution < 1.29 is 14.0 Å². The van der Waals surface area contributed by atoms with E-state index in [1.807, 2.05) is 12.1 Å². The fourth-order valence-electron chi connectivity index (χ4n) is 4.62. The van der Waals surface area contributed by atoms with E-state index >= 15 is 0 Å². The molecular weight excluding hydrogens is 499 g/mol. The van der Waals surface area contributed by atoms with E-state index in [0.717, 1.165) is 0 Å². The zero-order chi connectivity index (χ0) is 27.1. The van der Waals surface area contributed by atoms with Crippen LogP contribution in [0.15, 0.2) is 67.0 Å². The van der Waals surface area contributed by atoms with E-state index in [0.29, 0.717) is 33.5 Å². The van der Waals surface area contributed by atoms with Gasteiger partial charge in [0.1, 0.15) is 23.0 Å². The number of carbonyl (C=O) groups excluding carboxylic acids is 2. The highest BCUT2D eigenvalue weighted by molar-refractivity contribution is 6.09. The van der Waals surface area contributed by atoms with Gasteiger partial charge in [-0.25, -0.2) is 24.0 Å². The molecule has 5 heterocycles. The van der Waals surface area contributed by atoms with Crippen LogP contribution in [0.3, 0.4) is 0 Å². The first-order valence-corrected chi connectivity index (χ1v) is 12.3. The van der Waals surface area contributed by atoms with Gasteiger partial charge >= 0.3 is 0 Å². The van der Waals surface area contributed by atoms with Gasteiger partial charge in [0.2, 0.25) is 5.91 Å². The molecule has 0 atom stereocenters. The molecule has 4 aromatic heterocycles. The van der Waals surface area contributed by atoms with Gasteiger partial charge in [-0.1, -0.05) is 24.3 Å². The summed E-state index contributed by atoms with van der Waals surface area (Å²) in [6, 6.07) is 15.4. The number of hydrogen-bond donors (Lipinski definition) is 2. The smallest absolute Gasteiger partial charge is 0.270 e. The van der Waals surface area contributed by atoms with E-state index in [4.69, 9.17) is 0 Å². The second-order valence-electron chi connectivity index (χ2n) is 9.67. The number of anilines is 1. The fourth-order valence-corrected chi connectivity index (χ4v) is 4.62. The zero-order valence-corrected chi connectivity index (χ0v) is 21.1. The van der Waals surface area contributed by atoms with Gasteiger partial charge in [-0.15, -0.1) is 0 Å². The lowest BCUT2D eigenvalue weighted by Gasteiger charge is -2.18. The van der Waals surface area contributed by atoms with Crippen molar-refractivity contribution >= 4 is 28.7 Å². The minimum Gasteiger partial charge on any atom is -0.345 e. The number of pyridine rings is 2. The Morgan fingerprint density at radius 3 is 2.62 bits per heavy atom. The third-order valence-electron chi connectivity index (χ3n) is 6.70. The Kier molecular flexibility index (Phi) is 5.82. The molecule has 10 nitrogen and oxygen atoms in total. The first-order valence-electron chi connectivity index (χ1n) is 12.3. The Morgan fingerprint density at radius 1 is 1.03 bits per heavy atom. The topological polar surface area (TPSA) is 128 Å². The molecule has 1 aromatic carbocycles. The molecule has 0 spiro atoms. The number of nitrogens with one attached hydrogen (secondary N) is 2. The molecule has 0 saturated heterocycles. The van der Waals surface area contributed by atoms with E-state index in [-0.39, 0.29) is 42.2 Å². The Hall–Kier alpha value is -5.06. The maximum Gasteiger partial charge on any atom is 0.270 e. The second kappa shape index (κ2) is 9.35. The molecule has 0 radical (unpaired) electrons. The van der Waals surface area contributed by atoms with E-state index in [1.54, 1.807) is 67.3 Å². The summed E-state index contributed by atoms with van der Waals surface area (Å²) in [6.45, 7) is 3.75. The number of halogens is 1. The van der Waals surface area contributed by atoms with Crippen LogP contribution < -0.4 is 10.6 Å². The number of benzene rings is 1. The van der Waals surface area contributed by atoms with E-state index in [9.17, 15) is 14.0 Å². The molecule has 2 amide bonds. The van der Waals surface area contributed by atoms with Gasteiger partial charge in [-0.2, -0.15) is 5.10 Å². The van der Waals surface area contributed by atoms with Crippen LogP contribution >= 0.6 is 0 Å². The lowest BCUT2D eigenvalue weighted by Crippen LogP contribution is -2.31. The molecule has 11 heteroatoms. The highest BCUT2D eigenvalue weighted by atomic mass is 19.1. The lowest BCUT2D eigenvalue weighted by atomic mass is 9.85. The molecule has 0 unspecified atom stereocenters. The number of nitrogens with zero attached hydrogens (tertiary/aromatic N) is 6. The quantitative estimate of drug-likeness (QED) is 0.349. The summed E-state index contributed by atoms with van der Waals surface area (Å²) in [7, 11) is 0. The Bertz CT molecular complexity index is 1750. The van der Waals surface area contributed by atoms with Crippen molar-refractivity contribution in [2.45, 2.75) is 32.4 Å². The predicted molar refractivity (Wildman–Crippen MR) is 141 cm³/mol. The summed E-state index contributed by atoms with van der Waals surface area (Å²) in [4.78, 5) is 44.2. The van der Waals surface area contributed by atoms with Gasteiger partial charge in [-0.3, -0.25) is 14.6 Å². The van der Waals surface area contributed by atoms with Gasteiger partial charge in [0.15, 0.2) is 11.5 Å². The van der Waals surface area contributed by atoms with Crippen LogP contribution in [0.4, 0.5) is 10.2 Å².